The van der Waals surface area contributed by atoms with Crippen LogP contribution in [-0.2, 0) is 4.79 Å². The monoisotopic (exact) mass is 202 g/mol. The van der Waals surface area contributed by atoms with Crippen molar-refractivity contribution in [2.45, 2.75) is 25.7 Å². The van der Waals surface area contributed by atoms with E-state index in [0.717, 1.165) is 5.56 Å². The Morgan fingerprint density at radius 2 is 2.20 bits per heavy atom. The van der Waals surface area contributed by atoms with Crippen molar-refractivity contribution in [3.8, 4) is 0 Å². The van der Waals surface area contributed by atoms with Crippen molar-refractivity contribution in [2.75, 3.05) is 0 Å². The molecule has 1 saturated carbocycles. The Hall–Kier alpha value is -1.57. The molecule has 1 fully saturated rings. The van der Waals surface area contributed by atoms with Gasteiger partial charge in [-0.2, -0.15) is 0 Å². The van der Waals surface area contributed by atoms with E-state index < -0.39 is 5.97 Å². The third-order valence-electron chi connectivity index (χ3n) is 2.68. The summed E-state index contributed by atoms with van der Waals surface area (Å²) in [6.45, 7) is 1.62. The van der Waals surface area contributed by atoms with Gasteiger partial charge in [-0.1, -0.05) is 24.3 Å². The summed E-state index contributed by atoms with van der Waals surface area (Å²) < 4.78 is 0. The zero-order chi connectivity index (χ0) is 10.8. The summed E-state index contributed by atoms with van der Waals surface area (Å²) in [5.41, 5.74) is 2.70. The predicted molar refractivity (Wildman–Crippen MR) is 59.7 cm³/mol. The number of aliphatic carboxylic acids is 1. The summed E-state index contributed by atoms with van der Waals surface area (Å²) in [6, 6.07) is 8.14. The maximum atomic E-state index is 10.7. The molecule has 0 heterocycles. The van der Waals surface area contributed by atoms with Gasteiger partial charge in [0.15, 0.2) is 0 Å². The Labute approximate surface area is 89.2 Å². The second kappa shape index (κ2) is 3.89. The molecular weight excluding hydrogens is 188 g/mol. The van der Waals surface area contributed by atoms with Crippen LogP contribution in [0.1, 0.15) is 36.8 Å². The Kier molecular flexibility index (Phi) is 2.58. The van der Waals surface area contributed by atoms with E-state index in [-0.39, 0.29) is 0 Å². The predicted octanol–water partition coefficient (Wildman–Crippen LogP) is 3.05. The highest BCUT2D eigenvalue weighted by atomic mass is 16.4. The summed E-state index contributed by atoms with van der Waals surface area (Å²) in [5, 5.41) is 8.77. The first-order chi connectivity index (χ1) is 7.16. The van der Waals surface area contributed by atoms with E-state index in [1.54, 1.807) is 13.0 Å². The van der Waals surface area contributed by atoms with E-state index in [2.05, 4.69) is 12.1 Å². The van der Waals surface area contributed by atoms with Gasteiger partial charge in [0.05, 0.1) is 0 Å². The molecule has 78 valence electrons. The van der Waals surface area contributed by atoms with Crippen LogP contribution in [0.2, 0.25) is 0 Å². The van der Waals surface area contributed by atoms with Crippen LogP contribution in [0, 0.1) is 0 Å². The molecule has 15 heavy (non-hydrogen) atoms. The molecule has 0 saturated heterocycles. The van der Waals surface area contributed by atoms with Crippen LogP contribution in [-0.4, -0.2) is 11.1 Å². The zero-order valence-corrected chi connectivity index (χ0v) is 8.73. The Balaban J connectivity index is 2.24. The van der Waals surface area contributed by atoms with E-state index in [9.17, 15) is 4.79 Å². The fourth-order valence-corrected chi connectivity index (χ4v) is 1.63. The molecule has 0 unspecified atom stereocenters. The fourth-order valence-electron chi connectivity index (χ4n) is 1.63. The summed E-state index contributed by atoms with van der Waals surface area (Å²) >= 11 is 0. The molecule has 1 aromatic carbocycles. The molecule has 0 radical (unpaired) electrons. The third kappa shape index (κ3) is 2.46. The number of hydrogen-bond donors (Lipinski definition) is 1. The number of carboxylic acid groups (broad SMARTS) is 1. The summed E-state index contributed by atoms with van der Waals surface area (Å²) in [4.78, 5) is 10.7. The molecule has 0 spiro atoms. The van der Waals surface area contributed by atoms with Crippen molar-refractivity contribution >= 4 is 12.0 Å². The van der Waals surface area contributed by atoms with E-state index in [0.29, 0.717) is 11.5 Å². The third-order valence-corrected chi connectivity index (χ3v) is 2.68. The minimum Gasteiger partial charge on any atom is -0.478 e. The number of hydrogen-bond acceptors (Lipinski definition) is 1. The van der Waals surface area contributed by atoms with Crippen LogP contribution in [0.15, 0.2) is 29.8 Å². The lowest BCUT2D eigenvalue weighted by Gasteiger charge is -2.00. The van der Waals surface area contributed by atoms with Gasteiger partial charge >= 0.3 is 5.97 Å². The van der Waals surface area contributed by atoms with Gasteiger partial charge in [0.25, 0.3) is 0 Å². The highest BCUT2D eigenvalue weighted by Crippen LogP contribution is 2.40. The van der Waals surface area contributed by atoms with Crippen molar-refractivity contribution in [1.82, 2.24) is 0 Å². The molecule has 0 aliphatic heterocycles. The zero-order valence-electron chi connectivity index (χ0n) is 8.73. The normalized spacial score (nSPS) is 16.5. The van der Waals surface area contributed by atoms with Crippen LogP contribution >= 0.6 is 0 Å². The van der Waals surface area contributed by atoms with E-state index in [4.69, 9.17) is 5.11 Å². The standard InChI is InChI=1S/C13H14O2/c1-9(13(14)15)7-10-3-2-4-12(8-10)11-5-6-11/h2-4,7-8,11H,5-6H2,1H3,(H,14,15)/b9-7-. The number of benzene rings is 1. The van der Waals surface area contributed by atoms with Gasteiger partial charge in [0, 0.05) is 5.57 Å². The molecule has 2 rings (SSSR count). The van der Waals surface area contributed by atoms with Crippen LogP contribution in [0.3, 0.4) is 0 Å². The van der Waals surface area contributed by atoms with Gasteiger partial charge in [0.1, 0.15) is 0 Å². The van der Waals surface area contributed by atoms with Crippen molar-refractivity contribution < 1.29 is 9.90 Å². The average molecular weight is 202 g/mol. The largest absolute Gasteiger partial charge is 0.478 e. The lowest BCUT2D eigenvalue weighted by Crippen LogP contribution is -1.95. The minimum atomic E-state index is -0.855. The highest BCUT2D eigenvalue weighted by molar-refractivity contribution is 5.91. The summed E-state index contributed by atoms with van der Waals surface area (Å²) in [5.74, 6) is -0.143. The quantitative estimate of drug-likeness (QED) is 0.765. The summed E-state index contributed by atoms with van der Waals surface area (Å²) in [6.07, 6.45) is 4.25. The van der Waals surface area contributed by atoms with Crippen LogP contribution in [0.5, 0.6) is 0 Å². The topological polar surface area (TPSA) is 37.3 Å². The lowest BCUT2D eigenvalue weighted by atomic mass is 10.1. The van der Waals surface area contributed by atoms with Gasteiger partial charge in [-0.15, -0.1) is 0 Å². The van der Waals surface area contributed by atoms with Crippen molar-refractivity contribution in [2.24, 2.45) is 0 Å². The molecular formula is C13H14O2. The van der Waals surface area contributed by atoms with Gasteiger partial charge in [0.2, 0.25) is 0 Å². The smallest absolute Gasteiger partial charge is 0.331 e. The highest BCUT2D eigenvalue weighted by Gasteiger charge is 2.23. The summed E-state index contributed by atoms with van der Waals surface area (Å²) in [7, 11) is 0. The SMILES string of the molecule is C/C(=C/c1cccc(C2CC2)c1)C(=O)O. The van der Waals surface area contributed by atoms with Crippen molar-refractivity contribution in [3.05, 3.63) is 41.0 Å². The molecule has 0 amide bonds. The van der Waals surface area contributed by atoms with E-state index in [1.807, 2.05) is 12.1 Å². The Morgan fingerprint density at radius 1 is 1.47 bits per heavy atom. The lowest BCUT2D eigenvalue weighted by molar-refractivity contribution is -0.132. The molecule has 0 aromatic heterocycles. The van der Waals surface area contributed by atoms with Gasteiger partial charge in [-0.3, -0.25) is 0 Å². The first-order valence-electron chi connectivity index (χ1n) is 5.18. The first-order valence-corrected chi connectivity index (χ1v) is 5.18. The van der Waals surface area contributed by atoms with E-state index in [1.165, 1.54) is 18.4 Å². The van der Waals surface area contributed by atoms with Crippen LogP contribution in [0.4, 0.5) is 0 Å². The number of rotatable bonds is 3. The molecule has 1 N–H and O–H groups in total. The molecule has 1 aliphatic rings. The van der Waals surface area contributed by atoms with Gasteiger partial charge < -0.3 is 5.11 Å². The van der Waals surface area contributed by atoms with Crippen LogP contribution < -0.4 is 0 Å². The second-order valence-corrected chi connectivity index (χ2v) is 4.08. The van der Waals surface area contributed by atoms with Crippen molar-refractivity contribution in [3.63, 3.8) is 0 Å². The minimum absolute atomic E-state index is 0.378. The number of carbonyl (C=O) groups is 1. The van der Waals surface area contributed by atoms with Gasteiger partial charge in [-0.05, 0) is 42.9 Å². The Bertz CT molecular complexity index is 414. The van der Waals surface area contributed by atoms with Crippen LogP contribution in [0.25, 0.3) is 6.08 Å². The molecule has 2 heteroatoms. The second-order valence-electron chi connectivity index (χ2n) is 4.08. The molecule has 2 nitrogen and oxygen atoms in total. The van der Waals surface area contributed by atoms with E-state index >= 15 is 0 Å². The van der Waals surface area contributed by atoms with Gasteiger partial charge in [-0.25, -0.2) is 4.79 Å². The van der Waals surface area contributed by atoms with Crippen molar-refractivity contribution in [1.29, 1.82) is 0 Å². The fraction of sp³-hybridized carbons (Fsp3) is 0.308. The molecule has 0 bridgehead atoms. The maximum absolute atomic E-state index is 10.7. The number of carboxylic acids is 1. The molecule has 1 aromatic rings. The average Bonchev–Trinajstić information content (AvgIpc) is 3.01. The molecule has 1 aliphatic carbocycles. The maximum Gasteiger partial charge on any atom is 0.331 e. The Morgan fingerprint density at radius 3 is 2.80 bits per heavy atom. The first kappa shape index (κ1) is 9.97. The molecule has 0 atom stereocenters.